The number of fused-ring (bicyclic) bond motifs is 4. The van der Waals surface area contributed by atoms with Gasteiger partial charge in [0.1, 0.15) is 5.82 Å². The summed E-state index contributed by atoms with van der Waals surface area (Å²) in [5, 5.41) is 4.02. The van der Waals surface area contributed by atoms with E-state index in [0.29, 0.717) is 18.7 Å². The molecule has 1 aromatic carbocycles. The molecule has 5 rings (SSSR count). The smallest absolute Gasteiger partial charge is 0.321 e. The topological polar surface area (TPSA) is 54.9 Å². The first-order valence-corrected chi connectivity index (χ1v) is 7.66. The molecule has 0 bridgehead atoms. The average Bonchev–Trinajstić information content (AvgIpc) is 3.04. The molecule has 3 aromatic rings. The van der Waals surface area contributed by atoms with E-state index in [4.69, 9.17) is 0 Å². The molecule has 0 fully saturated rings. The van der Waals surface area contributed by atoms with Crippen molar-refractivity contribution in [3.05, 3.63) is 71.9 Å². The molecule has 2 aromatic heterocycles. The molecule has 1 N–H and O–H groups in total. The molecule has 2 aliphatic rings. The summed E-state index contributed by atoms with van der Waals surface area (Å²) in [5.41, 5.74) is 4.77. The van der Waals surface area contributed by atoms with E-state index in [2.05, 4.69) is 34.3 Å². The number of nitrogens with one attached hydrogen (secondary N) is 1. The van der Waals surface area contributed by atoms with Crippen molar-refractivity contribution in [2.45, 2.75) is 18.3 Å². The fraction of sp³-hybridized carbons (Fsp3) is 0.158. The summed E-state index contributed by atoms with van der Waals surface area (Å²) >= 11 is 0. The van der Waals surface area contributed by atoms with Gasteiger partial charge in [-0.1, -0.05) is 23.7 Å². The average molecular weight is 386 g/mol. The molecule has 0 saturated carbocycles. The third-order valence-corrected chi connectivity index (χ3v) is 5.03. The van der Waals surface area contributed by atoms with Crippen molar-refractivity contribution >= 4 is 22.6 Å². The second-order valence-electron chi connectivity index (χ2n) is 6.45. The number of aromatic nitrogens is 2. The minimum absolute atomic E-state index is 0. The van der Waals surface area contributed by atoms with E-state index in [1.807, 2.05) is 18.2 Å². The van der Waals surface area contributed by atoms with Gasteiger partial charge in [-0.2, -0.15) is 18.6 Å². The zero-order chi connectivity index (χ0) is 15.6. The standard InChI is InChI=1S/C19H14N3O.Rb/c1-11-5-12-6-13-8-19(9-14(13)7-16(12)21-10-11)15-3-2-4-20-17(15)22-18(19)23;/h2-7,10H,1,8-9H2,(H,20,22,23);/q-1;+1/t19-;/m0./s1. The van der Waals surface area contributed by atoms with Crippen LogP contribution in [-0.2, 0) is 23.1 Å². The summed E-state index contributed by atoms with van der Waals surface area (Å²) in [7, 11) is 0. The Hall–Kier alpha value is -1.07. The molecule has 4 nitrogen and oxygen atoms in total. The van der Waals surface area contributed by atoms with Gasteiger partial charge in [-0.15, -0.1) is 0 Å². The Balaban J connectivity index is 0.00000146. The fourth-order valence-corrected chi connectivity index (χ4v) is 3.95. The number of hydrogen-bond acceptors (Lipinski definition) is 3. The molecule has 1 aliphatic heterocycles. The van der Waals surface area contributed by atoms with Gasteiger partial charge < -0.3 is 10.3 Å². The van der Waals surface area contributed by atoms with E-state index in [-0.39, 0.29) is 64.1 Å². The van der Waals surface area contributed by atoms with Crippen LogP contribution in [0.2, 0.25) is 0 Å². The van der Waals surface area contributed by atoms with E-state index >= 15 is 0 Å². The molecule has 0 saturated heterocycles. The summed E-state index contributed by atoms with van der Waals surface area (Å²) in [4.78, 5) is 21.5. The number of rotatable bonds is 0. The van der Waals surface area contributed by atoms with E-state index in [0.717, 1.165) is 22.0 Å². The molecule has 1 spiro atoms. The van der Waals surface area contributed by atoms with E-state index in [9.17, 15) is 4.79 Å². The minimum Gasteiger partial charge on any atom is -0.321 e. The first-order valence-electron chi connectivity index (χ1n) is 7.66. The normalized spacial score (nSPS) is 20.6. The maximum Gasteiger partial charge on any atom is 1.00 e. The third kappa shape index (κ3) is 2.24. The number of anilines is 1. The zero-order valence-corrected chi connectivity index (χ0v) is 18.4. The van der Waals surface area contributed by atoms with Gasteiger partial charge >= 0.3 is 58.2 Å². The fourth-order valence-electron chi connectivity index (χ4n) is 3.95. The number of benzene rings is 1. The van der Waals surface area contributed by atoms with Crippen LogP contribution in [0.1, 0.15) is 22.3 Å². The van der Waals surface area contributed by atoms with Crippen LogP contribution in [0.15, 0.2) is 42.7 Å². The molecular formula is C19H14N3ORb. The van der Waals surface area contributed by atoms with Crippen molar-refractivity contribution in [2.24, 2.45) is 0 Å². The minimum atomic E-state index is -0.517. The molecule has 5 heteroatoms. The molecular weight excluding hydrogens is 372 g/mol. The molecule has 0 radical (unpaired) electrons. The van der Waals surface area contributed by atoms with Crippen LogP contribution in [-0.4, -0.2) is 15.9 Å². The predicted octanol–water partition coefficient (Wildman–Crippen LogP) is -0.195. The number of amides is 1. The summed E-state index contributed by atoms with van der Waals surface area (Å²) in [6, 6.07) is 10.2. The first kappa shape index (κ1) is 16.4. The van der Waals surface area contributed by atoms with Crippen molar-refractivity contribution in [2.75, 3.05) is 5.32 Å². The number of hydrogen-bond donors (Lipinski definition) is 1. The Morgan fingerprint density at radius 3 is 2.75 bits per heavy atom. The Kier molecular flexibility index (Phi) is 3.92. The van der Waals surface area contributed by atoms with Crippen molar-refractivity contribution in [1.29, 1.82) is 0 Å². The van der Waals surface area contributed by atoms with Crippen molar-refractivity contribution in [3.8, 4) is 0 Å². The second kappa shape index (κ2) is 5.73. The van der Waals surface area contributed by atoms with Crippen molar-refractivity contribution in [1.82, 2.24) is 9.97 Å². The van der Waals surface area contributed by atoms with Gasteiger partial charge in [0.25, 0.3) is 0 Å². The van der Waals surface area contributed by atoms with Crippen molar-refractivity contribution in [3.63, 3.8) is 0 Å². The Labute approximate surface area is 188 Å². The van der Waals surface area contributed by atoms with Gasteiger partial charge in [0, 0.05) is 17.3 Å². The van der Waals surface area contributed by atoms with Gasteiger partial charge in [0.2, 0.25) is 5.91 Å². The molecule has 24 heavy (non-hydrogen) atoms. The summed E-state index contributed by atoms with van der Waals surface area (Å²) in [6.07, 6.45) is 4.91. The predicted molar refractivity (Wildman–Crippen MR) is 88.2 cm³/mol. The molecule has 112 valence electrons. The zero-order valence-electron chi connectivity index (χ0n) is 13.5. The van der Waals surface area contributed by atoms with Crippen molar-refractivity contribution < 1.29 is 63.0 Å². The largest absolute Gasteiger partial charge is 1.00 e. The molecule has 1 amide bonds. The molecule has 0 unspecified atom stereocenters. The van der Waals surface area contributed by atoms with Crippen LogP contribution in [0.4, 0.5) is 5.82 Å². The van der Waals surface area contributed by atoms with Crippen LogP contribution in [0.3, 0.4) is 0 Å². The van der Waals surface area contributed by atoms with E-state index in [1.165, 1.54) is 11.1 Å². The summed E-state index contributed by atoms with van der Waals surface area (Å²) in [5.74, 6) is 0.755. The maximum absolute atomic E-state index is 12.7. The van der Waals surface area contributed by atoms with E-state index in [1.54, 1.807) is 12.4 Å². The van der Waals surface area contributed by atoms with Crippen LogP contribution in [0, 0.1) is 6.92 Å². The van der Waals surface area contributed by atoms with Crippen LogP contribution in [0.25, 0.3) is 10.9 Å². The maximum atomic E-state index is 12.7. The van der Waals surface area contributed by atoms with Gasteiger partial charge in [-0.05, 0) is 36.1 Å². The Morgan fingerprint density at radius 1 is 1.12 bits per heavy atom. The SMILES string of the molecule is [CH2-]c1cnc2cc3c(cc2c1)C[C@@]1(C3)C(=O)Nc2ncccc21.[Rb+]. The second-order valence-corrected chi connectivity index (χ2v) is 6.45. The van der Waals surface area contributed by atoms with E-state index < -0.39 is 5.41 Å². The Morgan fingerprint density at radius 2 is 1.92 bits per heavy atom. The number of carbonyl (C=O) groups excluding carboxylic acids is 1. The van der Waals surface area contributed by atoms with Gasteiger partial charge in [-0.25, -0.2) is 4.98 Å². The molecule has 3 heterocycles. The van der Waals surface area contributed by atoms with Crippen LogP contribution < -0.4 is 63.5 Å². The van der Waals surface area contributed by atoms with Crippen LogP contribution >= 0.6 is 0 Å². The number of pyridine rings is 2. The van der Waals surface area contributed by atoms with Crippen LogP contribution in [0.5, 0.6) is 0 Å². The summed E-state index contributed by atoms with van der Waals surface area (Å²) in [6.45, 7) is 3.94. The quantitative estimate of drug-likeness (QED) is 0.546. The molecule has 1 aliphatic carbocycles. The number of nitrogens with zero attached hydrogens (tertiary/aromatic N) is 2. The van der Waals surface area contributed by atoms with Gasteiger partial charge in [0.05, 0.1) is 5.41 Å². The first-order chi connectivity index (χ1) is 11.2. The number of carbonyl (C=O) groups is 1. The Bertz CT molecular complexity index is 1000. The summed E-state index contributed by atoms with van der Waals surface area (Å²) < 4.78 is 0. The van der Waals surface area contributed by atoms with Gasteiger partial charge in [-0.3, -0.25) is 4.79 Å². The van der Waals surface area contributed by atoms with Gasteiger partial charge in [0.15, 0.2) is 0 Å². The monoisotopic (exact) mass is 385 g/mol. The molecule has 1 atom stereocenters. The third-order valence-electron chi connectivity index (χ3n) is 5.03.